The van der Waals surface area contributed by atoms with E-state index in [-0.39, 0.29) is 18.0 Å². The number of hydrogen-bond donors (Lipinski definition) is 3. The lowest BCUT2D eigenvalue weighted by Crippen LogP contribution is -2.22. The van der Waals surface area contributed by atoms with Gasteiger partial charge in [0.1, 0.15) is 11.0 Å². The zero-order valence-corrected chi connectivity index (χ0v) is 11.4. The highest BCUT2D eigenvalue weighted by Crippen LogP contribution is 2.11. The molecule has 0 fully saturated rings. The van der Waals surface area contributed by atoms with Crippen LogP contribution in [0.15, 0.2) is 42.5 Å². The van der Waals surface area contributed by atoms with E-state index >= 15 is 0 Å². The number of rotatable bonds is 4. The van der Waals surface area contributed by atoms with Crippen molar-refractivity contribution in [3.8, 4) is 0 Å². The molecule has 3 rings (SSSR count). The summed E-state index contributed by atoms with van der Waals surface area (Å²) >= 11 is 0. The van der Waals surface area contributed by atoms with Gasteiger partial charge in [0.25, 0.3) is 5.91 Å². The van der Waals surface area contributed by atoms with Gasteiger partial charge in [-0.05, 0) is 35.9 Å². The molecule has 1 amide bonds. The molecule has 0 saturated carbocycles. The van der Waals surface area contributed by atoms with Gasteiger partial charge in [-0.25, -0.2) is 4.79 Å². The number of aromatic amines is 1. The summed E-state index contributed by atoms with van der Waals surface area (Å²) in [5.74, 6) is -1.25. The van der Waals surface area contributed by atoms with Gasteiger partial charge in [0.15, 0.2) is 0 Å². The van der Waals surface area contributed by atoms with Gasteiger partial charge >= 0.3 is 5.97 Å². The van der Waals surface area contributed by atoms with Crippen LogP contribution in [0.5, 0.6) is 0 Å². The van der Waals surface area contributed by atoms with Crippen molar-refractivity contribution < 1.29 is 14.7 Å². The Balaban J connectivity index is 1.71. The fraction of sp³-hybridized carbons (Fsp3) is 0.0667. The van der Waals surface area contributed by atoms with Gasteiger partial charge in [-0.15, -0.1) is 0 Å². The predicted molar refractivity (Wildman–Crippen MR) is 78.5 cm³/mol. The average Bonchev–Trinajstić information content (AvgIpc) is 3.00. The number of aromatic nitrogens is 3. The molecule has 0 saturated heterocycles. The van der Waals surface area contributed by atoms with Crippen molar-refractivity contribution in [1.29, 1.82) is 0 Å². The minimum atomic E-state index is -0.996. The third-order valence-electron chi connectivity index (χ3n) is 3.21. The van der Waals surface area contributed by atoms with Crippen LogP contribution in [0.1, 0.15) is 26.3 Å². The molecule has 0 aliphatic heterocycles. The maximum atomic E-state index is 12.1. The van der Waals surface area contributed by atoms with Gasteiger partial charge in [0.2, 0.25) is 0 Å². The SMILES string of the molecule is O=C(O)c1cccc(CNC(=O)c2ccc3n[nH]nc3c2)c1. The minimum absolute atomic E-state index is 0.191. The molecule has 3 N–H and O–H groups in total. The summed E-state index contributed by atoms with van der Waals surface area (Å²) in [6.45, 7) is 0.247. The first-order valence-corrected chi connectivity index (χ1v) is 6.54. The first kappa shape index (κ1) is 13.7. The maximum Gasteiger partial charge on any atom is 0.335 e. The maximum absolute atomic E-state index is 12.1. The first-order chi connectivity index (χ1) is 10.6. The lowest BCUT2D eigenvalue weighted by molar-refractivity contribution is 0.0696. The fourth-order valence-electron chi connectivity index (χ4n) is 2.08. The van der Waals surface area contributed by atoms with Crippen molar-refractivity contribution >= 4 is 22.9 Å². The van der Waals surface area contributed by atoms with E-state index in [1.807, 2.05) is 0 Å². The molecule has 0 aliphatic rings. The number of carbonyl (C=O) groups excluding carboxylic acids is 1. The first-order valence-electron chi connectivity index (χ1n) is 6.54. The normalized spacial score (nSPS) is 10.5. The molecular weight excluding hydrogens is 284 g/mol. The van der Waals surface area contributed by atoms with E-state index < -0.39 is 5.97 Å². The van der Waals surface area contributed by atoms with E-state index in [1.165, 1.54) is 12.1 Å². The monoisotopic (exact) mass is 296 g/mol. The predicted octanol–water partition coefficient (Wildman–Crippen LogP) is 1.59. The Morgan fingerprint density at radius 1 is 1.05 bits per heavy atom. The Bertz CT molecular complexity index is 857. The number of carboxylic acids is 1. The van der Waals surface area contributed by atoms with Crippen LogP contribution in [0.3, 0.4) is 0 Å². The molecular formula is C15H12N4O3. The summed E-state index contributed by atoms with van der Waals surface area (Å²) in [6.07, 6.45) is 0. The number of H-pyrrole nitrogens is 1. The van der Waals surface area contributed by atoms with E-state index in [0.717, 1.165) is 5.56 Å². The number of fused-ring (bicyclic) bond motifs is 1. The molecule has 0 unspecified atom stereocenters. The summed E-state index contributed by atoms with van der Waals surface area (Å²) in [5, 5.41) is 22.0. The van der Waals surface area contributed by atoms with Crippen molar-refractivity contribution in [2.24, 2.45) is 0 Å². The summed E-state index contributed by atoms with van der Waals surface area (Å²) in [5.41, 5.74) is 2.67. The zero-order chi connectivity index (χ0) is 15.5. The van der Waals surface area contributed by atoms with Crippen molar-refractivity contribution in [3.05, 3.63) is 59.2 Å². The van der Waals surface area contributed by atoms with Crippen LogP contribution in [0.25, 0.3) is 11.0 Å². The van der Waals surface area contributed by atoms with Gasteiger partial charge in [-0.2, -0.15) is 15.4 Å². The number of carboxylic acid groups (broad SMARTS) is 1. The molecule has 0 spiro atoms. The van der Waals surface area contributed by atoms with Gasteiger partial charge < -0.3 is 10.4 Å². The largest absolute Gasteiger partial charge is 0.478 e. The third kappa shape index (κ3) is 2.78. The van der Waals surface area contributed by atoms with E-state index in [4.69, 9.17) is 5.11 Å². The highest BCUT2D eigenvalue weighted by atomic mass is 16.4. The Morgan fingerprint density at radius 3 is 2.68 bits per heavy atom. The molecule has 3 aromatic rings. The number of amides is 1. The van der Waals surface area contributed by atoms with Crippen molar-refractivity contribution in [1.82, 2.24) is 20.7 Å². The third-order valence-corrected chi connectivity index (χ3v) is 3.21. The molecule has 2 aromatic carbocycles. The minimum Gasteiger partial charge on any atom is -0.478 e. The van der Waals surface area contributed by atoms with Crippen LogP contribution >= 0.6 is 0 Å². The molecule has 22 heavy (non-hydrogen) atoms. The average molecular weight is 296 g/mol. The van der Waals surface area contributed by atoms with Gasteiger partial charge in [0.05, 0.1) is 5.56 Å². The molecule has 7 nitrogen and oxygen atoms in total. The Kier molecular flexibility index (Phi) is 3.53. The fourth-order valence-corrected chi connectivity index (χ4v) is 2.08. The summed E-state index contributed by atoms with van der Waals surface area (Å²) in [6, 6.07) is 11.4. The van der Waals surface area contributed by atoms with Crippen LogP contribution in [0.4, 0.5) is 0 Å². The lowest BCUT2D eigenvalue weighted by Gasteiger charge is -2.06. The van der Waals surface area contributed by atoms with Crippen molar-refractivity contribution in [2.75, 3.05) is 0 Å². The second kappa shape index (κ2) is 5.65. The molecule has 0 atom stereocenters. The number of aromatic carboxylic acids is 1. The van der Waals surface area contributed by atoms with Crippen LogP contribution < -0.4 is 5.32 Å². The number of benzene rings is 2. The van der Waals surface area contributed by atoms with E-state index in [9.17, 15) is 9.59 Å². The van der Waals surface area contributed by atoms with Crippen LogP contribution in [0, 0.1) is 0 Å². The van der Waals surface area contributed by atoms with E-state index in [1.54, 1.807) is 30.3 Å². The quantitative estimate of drug-likeness (QED) is 0.677. The highest BCUT2D eigenvalue weighted by Gasteiger charge is 2.09. The second-order valence-electron chi connectivity index (χ2n) is 4.72. The molecule has 7 heteroatoms. The van der Waals surface area contributed by atoms with Crippen LogP contribution in [-0.2, 0) is 6.54 Å². The van der Waals surface area contributed by atoms with E-state index in [0.29, 0.717) is 16.6 Å². The number of hydrogen-bond acceptors (Lipinski definition) is 4. The Morgan fingerprint density at radius 2 is 1.86 bits per heavy atom. The molecule has 0 radical (unpaired) electrons. The molecule has 110 valence electrons. The zero-order valence-electron chi connectivity index (χ0n) is 11.4. The number of carbonyl (C=O) groups is 2. The Labute approximate surface area is 125 Å². The van der Waals surface area contributed by atoms with E-state index in [2.05, 4.69) is 20.7 Å². The van der Waals surface area contributed by atoms with Gasteiger partial charge in [-0.3, -0.25) is 4.79 Å². The molecule has 0 bridgehead atoms. The Hall–Kier alpha value is -3.22. The number of nitrogens with zero attached hydrogens (tertiary/aromatic N) is 2. The smallest absolute Gasteiger partial charge is 0.335 e. The molecule has 1 aromatic heterocycles. The van der Waals surface area contributed by atoms with Gasteiger partial charge in [-0.1, -0.05) is 12.1 Å². The van der Waals surface area contributed by atoms with Crippen LogP contribution in [-0.4, -0.2) is 32.4 Å². The topological polar surface area (TPSA) is 108 Å². The molecule has 1 heterocycles. The summed E-state index contributed by atoms with van der Waals surface area (Å²) in [4.78, 5) is 23.0. The van der Waals surface area contributed by atoms with Crippen molar-refractivity contribution in [2.45, 2.75) is 6.54 Å². The summed E-state index contributed by atoms with van der Waals surface area (Å²) < 4.78 is 0. The standard InChI is InChI=1S/C15H12N4O3/c20-14(10-4-5-12-13(7-10)18-19-17-12)16-8-9-2-1-3-11(6-9)15(21)22/h1-7H,8H2,(H,16,20)(H,21,22)(H,17,18,19). The summed E-state index contributed by atoms with van der Waals surface area (Å²) in [7, 11) is 0. The lowest BCUT2D eigenvalue weighted by atomic mass is 10.1. The highest BCUT2D eigenvalue weighted by molar-refractivity contribution is 5.97. The van der Waals surface area contributed by atoms with Crippen LogP contribution in [0.2, 0.25) is 0 Å². The second-order valence-corrected chi connectivity index (χ2v) is 4.72. The number of nitrogens with one attached hydrogen (secondary N) is 2. The van der Waals surface area contributed by atoms with Gasteiger partial charge in [0, 0.05) is 12.1 Å². The van der Waals surface area contributed by atoms with Crippen molar-refractivity contribution in [3.63, 3.8) is 0 Å². The molecule has 0 aliphatic carbocycles.